The fourth-order valence-electron chi connectivity index (χ4n) is 1.84. The summed E-state index contributed by atoms with van der Waals surface area (Å²) in [6.07, 6.45) is -1.21. The van der Waals surface area contributed by atoms with E-state index < -0.39 is 18.2 Å². The summed E-state index contributed by atoms with van der Waals surface area (Å²) in [6.45, 7) is 2.95. The normalized spacial score (nSPS) is 14.5. The van der Waals surface area contributed by atoms with Crippen molar-refractivity contribution in [1.29, 1.82) is 0 Å². The molecule has 0 fully saturated rings. The number of anilines is 1. The number of aromatic carboxylic acids is 1. The molecule has 2 atom stereocenters. The molecule has 7 heteroatoms. The maximum absolute atomic E-state index is 13.4. The van der Waals surface area contributed by atoms with Crippen molar-refractivity contribution in [1.82, 2.24) is 9.78 Å². The van der Waals surface area contributed by atoms with Gasteiger partial charge in [0.2, 0.25) is 0 Å². The number of hydrogen-bond acceptors (Lipinski definition) is 3. The van der Waals surface area contributed by atoms with E-state index >= 15 is 0 Å². The number of carboxylic acids is 1. The molecule has 0 radical (unpaired) electrons. The molecule has 5 nitrogen and oxygen atoms in total. The molecule has 0 spiro atoms. The number of nitrogens with zero attached hydrogens (tertiary/aromatic N) is 2. The number of nitrogen functional groups attached to an aromatic ring is 1. The van der Waals surface area contributed by atoms with Crippen LogP contribution in [0.15, 0.2) is 16.6 Å². The van der Waals surface area contributed by atoms with Crippen LogP contribution in [0.1, 0.15) is 30.4 Å². The van der Waals surface area contributed by atoms with Gasteiger partial charge in [-0.05, 0) is 41.9 Å². The molecule has 0 amide bonds. The van der Waals surface area contributed by atoms with E-state index in [0.29, 0.717) is 21.1 Å². The number of alkyl halides is 1. The number of benzene rings is 1. The van der Waals surface area contributed by atoms with Gasteiger partial charge in [0.05, 0.1) is 11.6 Å². The Morgan fingerprint density at radius 1 is 1.53 bits per heavy atom. The summed E-state index contributed by atoms with van der Waals surface area (Å²) < 4.78 is 15.2. The van der Waals surface area contributed by atoms with Gasteiger partial charge in [0.25, 0.3) is 0 Å². The topological polar surface area (TPSA) is 81.1 Å². The molecule has 0 aliphatic rings. The molecule has 1 aromatic carbocycles. The largest absolute Gasteiger partial charge is 0.477 e. The molecule has 1 unspecified atom stereocenters. The predicted octanol–water partition coefficient (Wildman–Crippen LogP) is 3.00. The van der Waals surface area contributed by atoms with Crippen molar-refractivity contribution in [2.24, 2.45) is 0 Å². The summed E-state index contributed by atoms with van der Waals surface area (Å²) >= 11 is 3.25. The molecule has 0 aliphatic heterocycles. The van der Waals surface area contributed by atoms with Crippen LogP contribution in [-0.2, 0) is 0 Å². The number of nitrogens with two attached hydrogens (primary N) is 1. The molecule has 3 N–H and O–H groups in total. The Morgan fingerprint density at radius 3 is 2.68 bits per heavy atom. The molecule has 0 saturated carbocycles. The third-order valence-electron chi connectivity index (χ3n) is 3.07. The summed E-state index contributed by atoms with van der Waals surface area (Å²) in [5.74, 6) is -1.15. The lowest BCUT2D eigenvalue weighted by atomic mass is 10.1. The highest BCUT2D eigenvalue weighted by Gasteiger charge is 2.24. The van der Waals surface area contributed by atoms with E-state index in [-0.39, 0.29) is 5.69 Å². The van der Waals surface area contributed by atoms with Crippen LogP contribution in [0, 0.1) is 0 Å². The number of carboxylic acid groups (broad SMARTS) is 1. The average molecular weight is 330 g/mol. The summed E-state index contributed by atoms with van der Waals surface area (Å²) in [4.78, 5) is 11.4. The number of fused-ring (bicyclic) bond motifs is 1. The first kappa shape index (κ1) is 13.8. The van der Waals surface area contributed by atoms with Gasteiger partial charge in [-0.25, -0.2) is 9.18 Å². The second-order valence-electron chi connectivity index (χ2n) is 4.41. The van der Waals surface area contributed by atoms with E-state index in [1.807, 2.05) is 0 Å². The smallest absolute Gasteiger partial charge is 0.354 e. The van der Waals surface area contributed by atoms with E-state index in [1.54, 1.807) is 19.1 Å². The molecule has 0 aliphatic carbocycles. The van der Waals surface area contributed by atoms with Crippen LogP contribution in [0.2, 0.25) is 0 Å². The minimum Gasteiger partial charge on any atom is -0.477 e. The van der Waals surface area contributed by atoms with Crippen molar-refractivity contribution in [3.05, 3.63) is 22.3 Å². The van der Waals surface area contributed by atoms with E-state index in [4.69, 9.17) is 5.73 Å². The maximum atomic E-state index is 13.4. The number of carbonyl (C=O) groups is 1. The second-order valence-corrected chi connectivity index (χ2v) is 5.26. The van der Waals surface area contributed by atoms with Crippen molar-refractivity contribution < 1.29 is 14.3 Å². The first-order valence-electron chi connectivity index (χ1n) is 5.67. The quantitative estimate of drug-likeness (QED) is 0.848. The minimum absolute atomic E-state index is 0.0345. The summed E-state index contributed by atoms with van der Waals surface area (Å²) in [6, 6.07) is 2.49. The van der Waals surface area contributed by atoms with Crippen LogP contribution in [0.3, 0.4) is 0 Å². The van der Waals surface area contributed by atoms with Crippen molar-refractivity contribution in [2.75, 3.05) is 5.73 Å². The SMILES string of the molecule is CC(F)[C@@H](C)n1nc2cc(N)c(Br)cc2c1C(=O)O. The number of halogens is 2. The molecule has 0 bridgehead atoms. The fourth-order valence-corrected chi connectivity index (χ4v) is 2.19. The molecule has 102 valence electrons. The van der Waals surface area contributed by atoms with Crippen LogP contribution in [0.5, 0.6) is 0 Å². The van der Waals surface area contributed by atoms with E-state index in [0.717, 1.165) is 0 Å². The lowest BCUT2D eigenvalue weighted by Gasteiger charge is -2.14. The Labute approximate surface area is 117 Å². The zero-order chi connectivity index (χ0) is 14.3. The Balaban J connectivity index is 2.77. The third kappa shape index (κ3) is 2.30. The van der Waals surface area contributed by atoms with E-state index in [1.165, 1.54) is 11.6 Å². The number of aromatic nitrogens is 2. The lowest BCUT2D eigenvalue weighted by Crippen LogP contribution is -2.20. The summed E-state index contributed by atoms with van der Waals surface area (Å²) in [5, 5.41) is 13.9. The zero-order valence-corrected chi connectivity index (χ0v) is 12.0. The van der Waals surface area contributed by atoms with Crippen LogP contribution in [0.25, 0.3) is 10.9 Å². The first-order chi connectivity index (χ1) is 8.82. The van der Waals surface area contributed by atoms with Gasteiger partial charge < -0.3 is 10.8 Å². The molecule has 2 rings (SSSR count). The Bertz CT molecular complexity index is 654. The van der Waals surface area contributed by atoms with Crippen LogP contribution >= 0.6 is 15.9 Å². The standard InChI is InChI=1S/C12H13BrFN3O2/c1-5(14)6(2)17-11(12(18)19)7-3-8(13)9(15)4-10(7)16-17/h3-6H,15H2,1-2H3,(H,18,19)/t5?,6-/m1/s1. The monoisotopic (exact) mass is 329 g/mol. The third-order valence-corrected chi connectivity index (χ3v) is 3.75. The molecular formula is C12H13BrFN3O2. The molecule has 2 aromatic rings. The van der Waals surface area contributed by atoms with Gasteiger partial charge in [0, 0.05) is 15.5 Å². The molecular weight excluding hydrogens is 317 g/mol. The Hall–Kier alpha value is -1.63. The average Bonchev–Trinajstić information content (AvgIpc) is 2.67. The van der Waals surface area contributed by atoms with Crippen molar-refractivity contribution >= 4 is 38.5 Å². The van der Waals surface area contributed by atoms with E-state index in [9.17, 15) is 14.3 Å². The highest BCUT2D eigenvalue weighted by Crippen LogP contribution is 2.30. The Morgan fingerprint density at radius 2 is 2.16 bits per heavy atom. The highest BCUT2D eigenvalue weighted by molar-refractivity contribution is 9.10. The van der Waals surface area contributed by atoms with Gasteiger partial charge in [-0.2, -0.15) is 5.10 Å². The van der Waals surface area contributed by atoms with Crippen LogP contribution in [0.4, 0.5) is 10.1 Å². The predicted molar refractivity (Wildman–Crippen MR) is 74.1 cm³/mol. The second kappa shape index (κ2) is 4.80. The summed E-state index contributed by atoms with van der Waals surface area (Å²) in [5.41, 5.74) is 6.59. The lowest BCUT2D eigenvalue weighted by molar-refractivity contribution is 0.0679. The minimum atomic E-state index is -1.21. The fraction of sp³-hybridized carbons (Fsp3) is 0.333. The van der Waals surface area contributed by atoms with Crippen LogP contribution < -0.4 is 5.73 Å². The number of rotatable bonds is 3. The van der Waals surface area contributed by atoms with Gasteiger partial charge >= 0.3 is 5.97 Å². The molecule has 19 heavy (non-hydrogen) atoms. The van der Waals surface area contributed by atoms with Gasteiger partial charge in [0.1, 0.15) is 6.17 Å². The molecule has 0 saturated heterocycles. The van der Waals surface area contributed by atoms with Gasteiger partial charge in [0.15, 0.2) is 5.69 Å². The van der Waals surface area contributed by atoms with Crippen molar-refractivity contribution in [3.8, 4) is 0 Å². The molecule has 1 heterocycles. The van der Waals surface area contributed by atoms with Gasteiger partial charge in [-0.1, -0.05) is 0 Å². The Kier molecular flexibility index (Phi) is 3.49. The molecule has 1 aromatic heterocycles. The van der Waals surface area contributed by atoms with Crippen molar-refractivity contribution in [3.63, 3.8) is 0 Å². The highest BCUT2D eigenvalue weighted by atomic mass is 79.9. The summed E-state index contributed by atoms with van der Waals surface area (Å²) in [7, 11) is 0. The van der Waals surface area contributed by atoms with Gasteiger partial charge in [-0.3, -0.25) is 4.68 Å². The van der Waals surface area contributed by atoms with Crippen molar-refractivity contribution in [2.45, 2.75) is 26.1 Å². The van der Waals surface area contributed by atoms with Crippen LogP contribution in [-0.4, -0.2) is 27.0 Å². The number of hydrogen-bond donors (Lipinski definition) is 2. The van der Waals surface area contributed by atoms with E-state index in [2.05, 4.69) is 21.0 Å². The maximum Gasteiger partial charge on any atom is 0.354 e. The first-order valence-corrected chi connectivity index (χ1v) is 6.46. The zero-order valence-electron chi connectivity index (χ0n) is 10.4. The van der Waals surface area contributed by atoms with Gasteiger partial charge in [-0.15, -0.1) is 0 Å².